The fourth-order valence-corrected chi connectivity index (χ4v) is 2.19. The predicted octanol–water partition coefficient (Wildman–Crippen LogP) is 2.99. The van der Waals surface area contributed by atoms with Gasteiger partial charge in [-0.3, -0.25) is 4.99 Å². The second-order valence-electron chi connectivity index (χ2n) is 4.53. The van der Waals surface area contributed by atoms with E-state index in [1.807, 2.05) is 12.3 Å². The Morgan fingerprint density at radius 3 is 2.54 bits per heavy atom. The first-order valence-corrected chi connectivity index (χ1v) is 8.55. The van der Waals surface area contributed by atoms with Crippen LogP contribution in [0.2, 0.25) is 0 Å². The minimum absolute atomic E-state index is 0. The van der Waals surface area contributed by atoms with Crippen molar-refractivity contribution in [2.45, 2.75) is 13.0 Å². The molecule has 2 N–H and O–H groups in total. The van der Waals surface area contributed by atoms with E-state index in [-0.39, 0.29) is 35.5 Å². The summed E-state index contributed by atoms with van der Waals surface area (Å²) in [5, 5.41) is 6.36. The minimum Gasteiger partial charge on any atom is -0.493 e. The number of ether oxygens (including phenoxy) is 2. The molecule has 0 unspecified atom stereocenters. The molecule has 0 saturated carbocycles. The molecule has 0 saturated heterocycles. The van der Waals surface area contributed by atoms with Crippen LogP contribution in [0.1, 0.15) is 5.56 Å². The highest BCUT2D eigenvalue weighted by atomic mass is 127. The van der Waals surface area contributed by atoms with E-state index in [1.54, 1.807) is 30.9 Å². The lowest BCUT2D eigenvalue weighted by Gasteiger charge is -2.13. The maximum atomic E-state index is 12.4. The molecule has 5 nitrogen and oxygen atoms in total. The lowest BCUT2D eigenvalue weighted by Crippen LogP contribution is -2.39. The summed E-state index contributed by atoms with van der Waals surface area (Å²) >= 11 is 1.75. The summed E-state index contributed by atoms with van der Waals surface area (Å²) in [6, 6.07) is 5.01. The van der Waals surface area contributed by atoms with Crippen molar-refractivity contribution in [2.24, 2.45) is 4.99 Å². The van der Waals surface area contributed by atoms with Crippen LogP contribution in [0.25, 0.3) is 0 Å². The molecular weight excluding hydrogens is 451 g/mol. The van der Waals surface area contributed by atoms with Gasteiger partial charge in [-0.15, -0.1) is 24.0 Å². The lowest BCUT2D eigenvalue weighted by molar-refractivity contribution is -0.0512. The van der Waals surface area contributed by atoms with E-state index in [0.29, 0.717) is 13.0 Å². The van der Waals surface area contributed by atoms with Gasteiger partial charge in [0.2, 0.25) is 0 Å². The van der Waals surface area contributed by atoms with Gasteiger partial charge in [-0.2, -0.15) is 20.5 Å². The van der Waals surface area contributed by atoms with Gasteiger partial charge in [0.25, 0.3) is 0 Å². The molecule has 0 radical (unpaired) electrons. The van der Waals surface area contributed by atoms with Crippen LogP contribution >= 0.6 is 35.7 Å². The highest BCUT2D eigenvalue weighted by Crippen LogP contribution is 2.29. The molecule has 0 atom stereocenters. The number of rotatable bonds is 9. The van der Waals surface area contributed by atoms with Crippen molar-refractivity contribution in [2.75, 3.05) is 39.3 Å². The molecule has 0 heterocycles. The van der Waals surface area contributed by atoms with Gasteiger partial charge in [0, 0.05) is 25.9 Å². The smallest absolute Gasteiger partial charge is 0.387 e. The highest BCUT2D eigenvalue weighted by Gasteiger charge is 2.11. The Bertz CT molecular complexity index is 508. The molecule has 0 aromatic heterocycles. The second-order valence-corrected chi connectivity index (χ2v) is 5.52. The molecule has 0 aliphatic rings. The number of nitrogens with one attached hydrogen (secondary N) is 2. The van der Waals surface area contributed by atoms with Crippen LogP contribution < -0.4 is 20.1 Å². The Kier molecular flexibility index (Phi) is 12.8. The van der Waals surface area contributed by atoms with Crippen molar-refractivity contribution >= 4 is 41.7 Å². The molecule has 0 bridgehead atoms. The van der Waals surface area contributed by atoms with Crippen molar-refractivity contribution in [1.29, 1.82) is 0 Å². The Morgan fingerprint density at radius 1 is 1.25 bits per heavy atom. The van der Waals surface area contributed by atoms with E-state index in [1.165, 1.54) is 7.11 Å². The van der Waals surface area contributed by atoms with Crippen molar-refractivity contribution in [3.63, 3.8) is 0 Å². The van der Waals surface area contributed by atoms with Gasteiger partial charge >= 0.3 is 6.61 Å². The number of hydrogen-bond donors (Lipinski definition) is 2. The van der Waals surface area contributed by atoms with Gasteiger partial charge in [-0.25, -0.2) is 0 Å². The lowest BCUT2D eigenvalue weighted by atomic mass is 10.1. The van der Waals surface area contributed by atoms with Crippen LogP contribution in [-0.2, 0) is 6.42 Å². The number of hydrogen-bond acceptors (Lipinski definition) is 4. The molecule has 1 aromatic rings. The van der Waals surface area contributed by atoms with Crippen LogP contribution in [0.5, 0.6) is 11.5 Å². The monoisotopic (exact) mass is 475 g/mol. The van der Waals surface area contributed by atoms with Gasteiger partial charge in [0.15, 0.2) is 17.5 Å². The van der Waals surface area contributed by atoms with Crippen LogP contribution in [0.3, 0.4) is 0 Å². The molecule has 0 fully saturated rings. The number of guanidine groups is 1. The zero-order valence-corrected chi connectivity index (χ0v) is 17.1. The normalized spacial score (nSPS) is 11.0. The average molecular weight is 475 g/mol. The fraction of sp³-hybridized carbons (Fsp3) is 0.533. The van der Waals surface area contributed by atoms with Gasteiger partial charge in [0.1, 0.15) is 0 Å². The van der Waals surface area contributed by atoms with Crippen molar-refractivity contribution in [1.82, 2.24) is 10.6 Å². The number of thioether (sulfide) groups is 1. The maximum Gasteiger partial charge on any atom is 0.387 e. The third-order valence-electron chi connectivity index (χ3n) is 2.97. The summed E-state index contributed by atoms with van der Waals surface area (Å²) in [6.45, 7) is -1.42. The Hall–Kier alpha value is -0.970. The standard InChI is InChI=1S/C15H23F2N3O2S.HI/c1-18-15(20-8-9-23-3)19-7-6-11-4-5-12(21-2)13(10-11)22-14(16)17;/h4-5,10,14H,6-9H2,1-3H3,(H2,18,19,20);1H. The van der Waals surface area contributed by atoms with Gasteiger partial charge < -0.3 is 20.1 Å². The van der Waals surface area contributed by atoms with Crippen molar-refractivity contribution < 1.29 is 18.3 Å². The molecule has 1 rings (SSSR count). The zero-order valence-electron chi connectivity index (χ0n) is 14.0. The number of methoxy groups -OCH3 is 1. The summed E-state index contributed by atoms with van der Waals surface area (Å²) in [5.41, 5.74) is 0.869. The second kappa shape index (κ2) is 13.3. The van der Waals surface area contributed by atoms with E-state index in [0.717, 1.165) is 23.8 Å². The van der Waals surface area contributed by atoms with Crippen LogP contribution in [-0.4, -0.2) is 51.8 Å². The SMILES string of the molecule is CN=C(NCCSC)NCCc1ccc(OC)c(OC(F)F)c1.I. The predicted molar refractivity (Wildman–Crippen MR) is 106 cm³/mol. The van der Waals surface area contributed by atoms with E-state index in [4.69, 9.17) is 4.74 Å². The third-order valence-corrected chi connectivity index (χ3v) is 3.58. The van der Waals surface area contributed by atoms with Gasteiger partial charge in [-0.1, -0.05) is 6.07 Å². The summed E-state index contributed by atoms with van der Waals surface area (Å²) in [4.78, 5) is 4.12. The van der Waals surface area contributed by atoms with Crippen molar-refractivity contribution in [3.05, 3.63) is 23.8 Å². The molecule has 9 heteroatoms. The number of halogens is 3. The Balaban J connectivity index is 0.00000529. The highest BCUT2D eigenvalue weighted by molar-refractivity contribution is 14.0. The van der Waals surface area contributed by atoms with Crippen molar-refractivity contribution in [3.8, 4) is 11.5 Å². The topological polar surface area (TPSA) is 54.9 Å². The van der Waals surface area contributed by atoms with E-state index < -0.39 is 6.61 Å². The molecule has 0 spiro atoms. The van der Waals surface area contributed by atoms with Crippen LogP contribution in [0.4, 0.5) is 8.78 Å². The van der Waals surface area contributed by atoms with E-state index in [9.17, 15) is 8.78 Å². The van der Waals surface area contributed by atoms with E-state index in [2.05, 4.69) is 20.4 Å². The summed E-state index contributed by atoms with van der Waals surface area (Å²) < 4.78 is 34.3. The third kappa shape index (κ3) is 8.76. The average Bonchev–Trinajstić information content (AvgIpc) is 2.53. The largest absolute Gasteiger partial charge is 0.493 e. The molecule has 0 aliphatic carbocycles. The summed E-state index contributed by atoms with van der Waals surface area (Å²) in [5.74, 6) is 2.05. The van der Waals surface area contributed by atoms with Crippen LogP contribution in [0, 0.1) is 0 Å². The first-order chi connectivity index (χ1) is 11.1. The Morgan fingerprint density at radius 2 is 1.96 bits per heavy atom. The summed E-state index contributed by atoms with van der Waals surface area (Å²) in [6.07, 6.45) is 2.69. The Labute approximate surface area is 163 Å². The molecular formula is C15H24F2IN3O2S. The molecule has 138 valence electrons. The number of benzene rings is 1. The van der Waals surface area contributed by atoms with Crippen LogP contribution in [0.15, 0.2) is 23.2 Å². The number of alkyl halides is 2. The van der Waals surface area contributed by atoms with Gasteiger partial charge in [-0.05, 0) is 30.4 Å². The minimum atomic E-state index is -2.88. The summed E-state index contributed by atoms with van der Waals surface area (Å²) in [7, 11) is 3.12. The van der Waals surface area contributed by atoms with E-state index >= 15 is 0 Å². The zero-order chi connectivity index (χ0) is 17.1. The maximum absolute atomic E-state index is 12.4. The number of aliphatic imine (C=N–C) groups is 1. The molecule has 0 aliphatic heterocycles. The molecule has 1 aromatic carbocycles. The van der Waals surface area contributed by atoms with Gasteiger partial charge in [0.05, 0.1) is 7.11 Å². The fourth-order valence-electron chi connectivity index (χ4n) is 1.88. The molecule has 0 amide bonds. The molecule has 24 heavy (non-hydrogen) atoms. The quantitative estimate of drug-likeness (QED) is 0.249. The first kappa shape index (κ1) is 23.0. The number of nitrogens with zero attached hydrogens (tertiary/aromatic N) is 1. The first-order valence-electron chi connectivity index (χ1n) is 7.16.